The number of carbonyl (C=O) groups is 2. The van der Waals surface area contributed by atoms with Crippen LogP contribution < -0.4 is 10.9 Å². The maximum Gasteiger partial charge on any atom is 0.336 e. The van der Waals surface area contributed by atoms with Crippen molar-refractivity contribution >= 4 is 22.8 Å². The Morgan fingerprint density at radius 3 is 2.57 bits per heavy atom. The van der Waals surface area contributed by atoms with E-state index < -0.39 is 11.6 Å². The molecule has 0 saturated carbocycles. The molecule has 3 rings (SSSR count). The van der Waals surface area contributed by atoms with Crippen LogP contribution in [-0.2, 0) is 27.4 Å². The first-order valence-electron chi connectivity index (χ1n) is 8.93. The molecule has 0 aliphatic heterocycles. The van der Waals surface area contributed by atoms with E-state index in [-0.39, 0.29) is 25.5 Å². The van der Waals surface area contributed by atoms with Crippen LogP contribution in [0.5, 0.6) is 0 Å². The molecule has 0 aliphatic carbocycles. The molecule has 1 N–H and O–H groups in total. The number of rotatable bonds is 6. The SMILES string of the molecule is Cc1ccc2c(COC(=O)CNC(=O)Cc3ccccc3)cc(=O)oc2c1C. The Hall–Kier alpha value is -3.41. The predicted molar refractivity (Wildman–Crippen MR) is 105 cm³/mol. The van der Waals surface area contributed by atoms with Gasteiger partial charge in [-0.1, -0.05) is 42.5 Å². The molecule has 1 heterocycles. The first kappa shape index (κ1) is 19.4. The Balaban J connectivity index is 1.60. The van der Waals surface area contributed by atoms with E-state index in [1.54, 1.807) is 0 Å². The van der Waals surface area contributed by atoms with Crippen molar-refractivity contribution in [2.75, 3.05) is 6.54 Å². The van der Waals surface area contributed by atoms with Gasteiger partial charge in [0.1, 0.15) is 18.7 Å². The fourth-order valence-electron chi connectivity index (χ4n) is 2.87. The number of amides is 1. The fourth-order valence-corrected chi connectivity index (χ4v) is 2.87. The lowest BCUT2D eigenvalue weighted by Gasteiger charge is -2.10. The Morgan fingerprint density at radius 2 is 1.82 bits per heavy atom. The molecular formula is C22H21NO5. The quantitative estimate of drug-likeness (QED) is 0.526. The summed E-state index contributed by atoms with van der Waals surface area (Å²) in [5, 5.41) is 3.26. The molecule has 0 atom stereocenters. The monoisotopic (exact) mass is 379 g/mol. The molecule has 1 amide bonds. The van der Waals surface area contributed by atoms with Crippen LogP contribution in [0.15, 0.2) is 57.7 Å². The molecule has 2 aromatic carbocycles. The third-order valence-electron chi connectivity index (χ3n) is 4.54. The van der Waals surface area contributed by atoms with Crippen molar-refractivity contribution in [2.45, 2.75) is 26.9 Å². The van der Waals surface area contributed by atoms with E-state index in [4.69, 9.17) is 9.15 Å². The topological polar surface area (TPSA) is 85.6 Å². The number of hydrogen-bond donors (Lipinski definition) is 1. The third-order valence-corrected chi connectivity index (χ3v) is 4.54. The lowest BCUT2D eigenvalue weighted by atomic mass is 10.0. The molecular weight excluding hydrogens is 358 g/mol. The van der Waals surface area contributed by atoms with Crippen LogP contribution in [0.1, 0.15) is 22.3 Å². The van der Waals surface area contributed by atoms with E-state index in [0.29, 0.717) is 11.1 Å². The van der Waals surface area contributed by atoms with Crippen molar-refractivity contribution < 1.29 is 18.7 Å². The van der Waals surface area contributed by atoms with Crippen molar-refractivity contribution in [3.05, 3.63) is 81.2 Å². The van der Waals surface area contributed by atoms with Crippen molar-refractivity contribution in [1.82, 2.24) is 5.32 Å². The average Bonchev–Trinajstić information content (AvgIpc) is 2.68. The Bertz CT molecular complexity index is 1070. The number of ether oxygens (including phenoxy) is 1. The zero-order chi connectivity index (χ0) is 20.1. The van der Waals surface area contributed by atoms with Crippen LogP contribution in [0.4, 0.5) is 0 Å². The second kappa shape index (κ2) is 8.52. The van der Waals surface area contributed by atoms with Gasteiger partial charge in [0.05, 0.1) is 6.42 Å². The number of nitrogens with one attached hydrogen (secondary N) is 1. The van der Waals surface area contributed by atoms with Gasteiger partial charge >= 0.3 is 11.6 Å². The maximum absolute atomic E-state index is 12.0. The first-order valence-corrected chi connectivity index (χ1v) is 8.93. The van der Waals surface area contributed by atoms with Gasteiger partial charge < -0.3 is 14.5 Å². The minimum atomic E-state index is -0.577. The van der Waals surface area contributed by atoms with Crippen LogP contribution in [0.2, 0.25) is 0 Å². The first-order chi connectivity index (χ1) is 13.4. The van der Waals surface area contributed by atoms with Gasteiger partial charge in [-0.3, -0.25) is 9.59 Å². The molecule has 0 spiro atoms. The number of fused-ring (bicyclic) bond motifs is 1. The van der Waals surface area contributed by atoms with Gasteiger partial charge in [0.25, 0.3) is 0 Å². The van der Waals surface area contributed by atoms with E-state index in [1.165, 1.54) is 6.07 Å². The number of carbonyl (C=O) groups excluding carboxylic acids is 2. The molecule has 6 heteroatoms. The van der Waals surface area contributed by atoms with E-state index in [2.05, 4.69) is 5.32 Å². The number of esters is 1. The van der Waals surface area contributed by atoms with Crippen molar-refractivity contribution in [3.63, 3.8) is 0 Å². The summed E-state index contributed by atoms with van der Waals surface area (Å²) >= 11 is 0. The van der Waals surface area contributed by atoms with E-state index in [0.717, 1.165) is 22.1 Å². The largest absolute Gasteiger partial charge is 0.459 e. The van der Waals surface area contributed by atoms with Crippen LogP contribution in [0, 0.1) is 13.8 Å². The smallest absolute Gasteiger partial charge is 0.336 e. The number of hydrogen-bond acceptors (Lipinski definition) is 5. The molecule has 0 unspecified atom stereocenters. The lowest BCUT2D eigenvalue weighted by molar-refractivity contribution is -0.145. The molecule has 0 saturated heterocycles. The molecule has 1 aromatic heterocycles. The highest BCUT2D eigenvalue weighted by atomic mass is 16.5. The van der Waals surface area contributed by atoms with Crippen LogP contribution in [0.25, 0.3) is 11.0 Å². The van der Waals surface area contributed by atoms with Crippen LogP contribution in [0.3, 0.4) is 0 Å². The highest BCUT2D eigenvalue weighted by Gasteiger charge is 2.12. The van der Waals surface area contributed by atoms with E-state index in [9.17, 15) is 14.4 Å². The van der Waals surface area contributed by atoms with Crippen LogP contribution in [-0.4, -0.2) is 18.4 Å². The molecule has 6 nitrogen and oxygen atoms in total. The van der Waals surface area contributed by atoms with E-state index >= 15 is 0 Å². The zero-order valence-electron chi connectivity index (χ0n) is 15.8. The molecule has 0 radical (unpaired) electrons. The van der Waals surface area contributed by atoms with E-state index in [1.807, 2.05) is 56.3 Å². The summed E-state index contributed by atoms with van der Waals surface area (Å²) in [5.74, 6) is -0.841. The number of aryl methyl sites for hydroxylation is 2. The standard InChI is InChI=1S/C22H21NO5/c1-14-8-9-18-17(11-20(25)28-22(18)15(14)2)13-27-21(26)12-23-19(24)10-16-6-4-3-5-7-16/h3-9,11H,10,12-13H2,1-2H3,(H,23,24). The van der Waals surface area contributed by atoms with Gasteiger partial charge in [-0.05, 0) is 30.5 Å². The van der Waals surface area contributed by atoms with Crippen molar-refractivity contribution in [3.8, 4) is 0 Å². The Morgan fingerprint density at radius 1 is 1.07 bits per heavy atom. The third kappa shape index (κ3) is 4.65. The second-order valence-electron chi connectivity index (χ2n) is 6.57. The molecule has 0 bridgehead atoms. The highest BCUT2D eigenvalue weighted by Crippen LogP contribution is 2.23. The summed E-state index contributed by atoms with van der Waals surface area (Å²) in [6, 6.07) is 14.3. The number of benzene rings is 2. The van der Waals surface area contributed by atoms with Gasteiger partial charge in [0.2, 0.25) is 5.91 Å². The molecule has 3 aromatic rings. The summed E-state index contributed by atoms with van der Waals surface area (Å²) in [4.78, 5) is 35.7. The molecule has 28 heavy (non-hydrogen) atoms. The lowest BCUT2D eigenvalue weighted by Crippen LogP contribution is -2.31. The van der Waals surface area contributed by atoms with Gasteiger partial charge in [0, 0.05) is 17.0 Å². The van der Waals surface area contributed by atoms with Gasteiger partial charge in [0.15, 0.2) is 0 Å². The maximum atomic E-state index is 12.0. The van der Waals surface area contributed by atoms with Gasteiger partial charge in [-0.25, -0.2) is 4.79 Å². The van der Waals surface area contributed by atoms with Crippen LogP contribution >= 0.6 is 0 Å². The zero-order valence-corrected chi connectivity index (χ0v) is 15.8. The second-order valence-corrected chi connectivity index (χ2v) is 6.57. The fraction of sp³-hybridized carbons (Fsp3) is 0.227. The minimum Gasteiger partial charge on any atom is -0.459 e. The van der Waals surface area contributed by atoms with Gasteiger partial charge in [-0.2, -0.15) is 0 Å². The van der Waals surface area contributed by atoms with Crippen molar-refractivity contribution in [1.29, 1.82) is 0 Å². The Kier molecular flexibility index (Phi) is 5.89. The van der Waals surface area contributed by atoms with Gasteiger partial charge in [-0.15, -0.1) is 0 Å². The molecule has 144 valence electrons. The highest BCUT2D eigenvalue weighted by molar-refractivity contribution is 5.85. The normalized spacial score (nSPS) is 10.6. The molecule has 0 fully saturated rings. The summed E-state index contributed by atoms with van der Waals surface area (Å²) < 4.78 is 10.5. The minimum absolute atomic E-state index is 0.0714. The summed E-state index contributed by atoms with van der Waals surface area (Å²) in [6.07, 6.45) is 0.192. The molecule has 0 aliphatic rings. The summed E-state index contributed by atoms with van der Waals surface area (Å²) in [5.41, 5.74) is 3.31. The average molecular weight is 379 g/mol. The summed E-state index contributed by atoms with van der Waals surface area (Å²) in [6.45, 7) is 3.50. The predicted octanol–water partition coefficient (Wildman–Crippen LogP) is 2.81. The van der Waals surface area contributed by atoms with Crippen molar-refractivity contribution in [2.24, 2.45) is 0 Å². The Labute approximate surface area is 162 Å². The summed E-state index contributed by atoms with van der Waals surface area (Å²) in [7, 11) is 0.